The van der Waals surface area contributed by atoms with E-state index in [0.717, 1.165) is 49.7 Å². The minimum absolute atomic E-state index is 0.119. The summed E-state index contributed by atoms with van der Waals surface area (Å²) in [5.41, 5.74) is 1.91. The third kappa shape index (κ3) is 6.55. The summed E-state index contributed by atoms with van der Waals surface area (Å²) in [5.74, 6) is -0.522. The van der Waals surface area contributed by atoms with E-state index in [-0.39, 0.29) is 42.8 Å². The molecule has 1 saturated carbocycles. The maximum absolute atomic E-state index is 13.7. The van der Waals surface area contributed by atoms with Gasteiger partial charge in [0.05, 0.1) is 18.9 Å². The number of amides is 3. The van der Waals surface area contributed by atoms with Gasteiger partial charge in [0.25, 0.3) is 5.91 Å². The van der Waals surface area contributed by atoms with Crippen LogP contribution in [-0.4, -0.2) is 54.5 Å². The summed E-state index contributed by atoms with van der Waals surface area (Å²) < 4.78 is 11.0. The molecule has 1 aromatic heterocycles. The molecule has 0 radical (unpaired) electrons. The van der Waals surface area contributed by atoms with E-state index in [0.29, 0.717) is 12.5 Å². The summed E-state index contributed by atoms with van der Waals surface area (Å²) in [5, 5.41) is 5.82. The molecule has 1 aromatic carbocycles. The molecule has 0 spiro atoms. The molecule has 2 N–H and O–H groups in total. The Labute approximate surface area is 212 Å². The molecule has 2 fully saturated rings. The standard InChI is InChI=1S/C28H37N3O5/c1-19(2)20-11-13-21(14-12-20)26(28(34)30-22-7-3-4-8-22)31(18-23-9-5-15-35-23)25(32)17-29-27(33)24-10-6-16-36-24/h6,10-14,16,19,22-23,26H,3-5,7-9,15,17-18H2,1-2H3,(H,29,33)(H,30,34)/t23-,26-/m0/s1. The van der Waals surface area contributed by atoms with E-state index in [1.807, 2.05) is 24.3 Å². The van der Waals surface area contributed by atoms with Crippen LogP contribution < -0.4 is 10.6 Å². The molecule has 4 rings (SSSR count). The molecular weight excluding hydrogens is 458 g/mol. The maximum Gasteiger partial charge on any atom is 0.287 e. The van der Waals surface area contributed by atoms with Crippen LogP contribution >= 0.6 is 0 Å². The van der Waals surface area contributed by atoms with Crippen molar-refractivity contribution in [3.8, 4) is 0 Å². The Morgan fingerprint density at radius 1 is 1.00 bits per heavy atom. The number of carbonyl (C=O) groups excluding carboxylic acids is 3. The first-order valence-electron chi connectivity index (χ1n) is 13.1. The predicted octanol–water partition coefficient (Wildman–Crippen LogP) is 3.94. The second-order valence-corrected chi connectivity index (χ2v) is 10.1. The Morgan fingerprint density at radius 2 is 1.72 bits per heavy atom. The summed E-state index contributed by atoms with van der Waals surface area (Å²) >= 11 is 0. The Balaban J connectivity index is 1.59. The fourth-order valence-electron chi connectivity index (χ4n) is 5.00. The fraction of sp³-hybridized carbons (Fsp3) is 0.536. The minimum atomic E-state index is -0.816. The highest BCUT2D eigenvalue weighted by Crippen LogP contribution is 2.28. The Bertz CT molecular complexity index is 1010. The van der Waals surface area contributed by atoms with Crippen LogP contribution in [-0.2, 0) is 14.3 Å². The van der Waals surface area contributed by atoms with Gasteiger partial charge < -0.3 is 24.7 Å². The number of ether oxygens (including phenoxy) is 1. The van der Waals surface area contributed by atoms with Gasteiger partial charge in [0.2, 0.25) is 11.8 Å². The number of nitrogens with zero attached hydrogens (tertiary/aromatic N) is 1. The second-order valence-electron chi connectivity index (χ2n) is 10.1. The van der Waals surface area contributed by atoms with E-state index in [2.05, 4.69) is 24.5 Å². The average Bonchev–Trinajstić information content (AvgIpc) is 3.66. The first-order valence-corrected chi connectivity index (χ1v) is 13.1. The molecule has 1 aliphatic heterocycles. The molecule has 2 aromatic rings. The monoisotopic (exact) mass is 495 g/mol. The van der Waals surface area contributed by atoms with Crippen LogP contribution in [0.3, 0.4) is 0 Å². The van der Waals surface area contributed by atoms with Crippen LogP contribution in [0.4, 0.5) is 0 Å². The molecule has 1 aliphatic carbocycles. The lowest BCUT2D eigenvalue weighted by molar-refractivity contribution is -0.142. The number of benzene rings is 1. The SMILES string of the molecule is CC(C)c1ccc([C@@H](C(=O)NC2CCCC2)N(C[C@@H]2CCCO2)C(=O)CNC(=O)c2ccco2)cc1. The van der Waals surface area contributed by atoms with Crippen LogP contribution in [0.5, 0.6) is 0 Å². The highest BCUT2D eigenvalue weighted by Gasteiger charge is 2.35. The van der Waals surface area contributed by atoms with Crippen LogP contribution in [0.25, 0.3) is 0 Å². The van der Waals surface area contributed by atoms with Gasteiger partial charge in [0, 0.05) is 19.2 Å². The first kappa shape index (κ1) is 25.9. The lowest BCUT2D eigenvalue weighted by Gasteiger charge is -2.34. The molecular formula is C28H37N3O5. The maximum atomic E-state index is 13.7. The molecule has 194 valence electrons. The second kappa shape index (κ2) is 12.2. The molecule has 0 bridgehead atoms. The Morgan fingerprint density at radius 3 is 2.33 bits per heavy atom. The van der Waals surface area contributed by atoms with Gasteiger partial charge in [-0.25, -0.2) is 0 Å². The zero-order chi connectivity index (χ0) is 25.5. The van der Waals surface area contributed by atoms with Crippen LogP contribution in [0.2, 0.25) is 0 Å². The highest BCUT2D eigenvalue weighted by atomic mass is 16.5. The topological polar surface area (TPSA) is 101 Å². The van der Waals surface area contributed by atoms with Gasteiger partial charge in [-0.15, -0.1) is 0 Å². The van der Waals surface area contributed by atoms with Gasteiger partial charge in [-0.2, -0.15) is 0 Å². The largest absolute Gasteiger partial charge is 0.459 e. The third-order valence-corrected chi connectivity index (χ3v) is 7.07. The molecule has 36 heavy (non-hydrogen) atoms. The van der Waals surface area contributed by atoms with Gasteiger partial charge in [0.15, 0.2) is 5.76 Å². The van der Waals surface area contributed by atoms with E-state index in [1.165, 1.54) is 12.3 Å². The lowest BCUT2D eigenvalue weighted by atomic mass is 9.97. The van der Waals surface area contributed by atoms with Crippen molar-refractivity contribution >= 4 is 17.7 Å². The predicted molar refractivity (Wildman–Crippen MR) is 135 cm³/mol. The first-order chi connectivity index (χ1) is 17.4. The molecule has 3 amide bonds. The Kier molecular flexibility index (Phi) is 8.80. The van der Waals surface area contributed by atoms with Crippen molar-refractivity contribution in [1.82, 2.24) is 15.5 Å². The molecule has 0 unspecified atom stereocenters. The molecule has 1 saturated heterocycles. The van der Waals surface area contributed by atoms with Crippen molar-refractivity contribution in [3.63, 3.8) is 0 Å². The normalized spacial score (nSPS) is 18.8. The Hall–Kier alpha value is -3.13. The smallest absolute Gasteiger partial charge is 0.287 e. The van der Waals surface area contributed by atoms with Crippen molar-refractivity contribution in [2.45, 2.75) is 76.5 Å². The average molecular weight is 496 g/mol. The number of furan rings is 1. The zero-order valence-corrected chi connectivity index (χ0v) is 21.2. The molecule has 2 atom stereocenters. The van der Waals surface area contributed by atoms with Gasteiger partial charge in [0.1, 0.15) is 6.04 Å². The molecule has 2 heterocycles. The summed E-state index contributed by atoms with van der Waals surface area (Å²) in [6.07, 6.45) is 7.09. The summed E-state index contributed by atoms with van der Waals surface area (Å²) in [6.45, 7) is 4.92. The quantitative estimate of drug-likeness (QED) is 0.520. The van der Waals surface area contributed by atoms with Crippen molar-refractivity contribution < 1.29 is 23.5 Å². The van der Waals surface area contributed by atoms with Crippen LogP contribution in [0, 0.1) is 0 Å². The number of rotatable bonds is 10. The van der Waals surface area contributed by atoms with Crippen molar-refractivity contribution in [3.05, 3.63) is 59.5 Å². The molecule has 8 nitrogen and oxygen atoms in total. The van der Waals surface area contributed by atoms with Crippen LogP contribution in [0.15, 0.2) is 47.1 Å². The van der Waals surface area contributed by atoms with Crippen molar-refractivity contribution in [2.75, 3.05) is 19.7 Å². The van der Waals surface area contributed by atoms with E-state index in [9.17, 15) is 14.4 Å². The van der Waals surface area contributed by atoms with Gasteiger partial charge in [-0.1, -0.05) is 51.0 Å². The van der Waals surface area contributed by atoms with Gasteiger partial charge >= 0.3 is 0 Å². The van der Waals surface area contributed by atoms with Crippen molar-refractivity contribution in [1.29, 1.82) is 0 Å². The third-order valence-electron chi connectivity index (χ3n) is 7.07. The lowest BCUT2D eigenvalue weighted by Crippen LogP contribution is -2.50. The minimum Gasteiger partial charge on any atom is -0.459 e. The number of nitrogens with one attached hydrogen (secondary N) is 2. The number of carbonyl (C=O) groups is 3. The fourth-order valence-corrected chi connectivity index (χ4v) is 5.00. The van der Waals surface area contributed by atoms with Crippen molar-refractivity contribution in [2.24, 2.45) is 0 Å². The van der Waals surface area contributed by atoms with E-state index >= 15 is 0 Å². The summed E-state index contributed by atoms with van der Waals surface area (Å²) in [7, 11) is 0. The number of hydrogen-bond acceptors (Lipinski definition) is 5. The van der Waals surface area contributed by atoms with E-state index < -0.39 is 11.9 Å². The van der Waals surface area contributed by atoms with Crippen LogP contribution in [0.1, 0.15) is 86.0 Å². The van der Waals surface area contributed by atoms with E-state index in [4.69, 9.17) is 9.15 Å². The summed E-state index contributed by atoms with van der Waals surface area (Å²) in [4.78, 5) is 41.3. The van der Waals surface area contributed by atoms with Gasteiger partial charge in [-0.05, 0) is 54.9 Å². The molecule has 2 aliphatic rings. The highest BCUT2D eigenvalue weighted by molar-refractivity contribution is 5.95. The zero-order valence-electron chi connectivity index (χ0n) is 21.2. The van der Waals surface area contributed by atoms with Gasteiger partial charge in [-0.3, -0.25) is 14.4 Å². The number of hydrogen-bond donors (Lipinski definition) is 2. The molecule has 8 heteroatoms. The van der Waals surface area contributed by atoms with E-state index in [1.54, 1.807) is 11.0 Å². The summed E-state index contributed by atoms with van der Waals surface area (Å²) in [6, 6.07) is 10.4.